The summed E-state index contributed by atoms with van der Waals surface area (Å²) in [7, 11) is 1.94. The van der Waals surface area contributed by atoms with Crippen LogP contribution in [-0.4, -0.2) is 16.3 Å². The van der Waals surface area contributed by atoms with Gasteiger partial charge in [0.05, 0.1) is 6.20 Å². The maximum absolute atomic E-state index is 4.11. The Balaban J connectivity index is 2.28. The van der Waals surface area contributed by atoms with Crippen molar-refractivity contribution in [2.45, 2.75) is 27.3 Å². The predicted octanol–water partition coefficient (Wildman–Crippen LogP) is 1.56. The van der Waals surface area contributed by atoms with E-state index < -0.39 is 0 Å². The van der Waals surface area contributed by atoms with Crippen LogP contribution in [0.25, 0.3) is 0 Å². The Labute approximate surface area is 80.1 Å². The van der Waals surface area contributed by atoms with Crippen molar-refractivity contribution in [2.75, 3.05) is 6.54 Å². The lowest BCUT2D eigenvalue weighted by molar-refractivity contribution is 0.379. The van der Waals surface area contributed by atoms with Crippen LogP contribution in [0.1, 0.15) is 26.3 Å². The number of aryl methyl sites for hydroxylation is 1. The fourth-order valence-electron chi connectivity index (χ4n) is 1.14. The molecule has 1 rings (SSSR count). The van der Waals surface area contributed by atoms with Crippen LogP contribution in [0.5, 0.6) is 0 Å². The molecule has 0 saturated carbocycles. The van der Waals surface area contributed by atoms with Gasteiger partial charge < -0.3 is 5.32 Å². The molecule has 0 aliphatic heterocycles. The van der Waals surface area contributed by atoms with E-state index in [1.165, 1.54) is 5.56 Å². The van der Waals surface area contributed by atoms with Crippen LogP contribution in [0.3, 0.4) is 0 Å². The molecule has 0 aromatic carbocycles. The third-order valence-electron chi connectivity index (χ3n) is 1.74. The van der Waals surface area contributed by atoms with E-state index in [0.29, 0.717) is 5.41 Å². The average molecular weight is 181 g/mol. The van der Waals surface area contributed by atoms with Gasteiger partial charge >= 0.3 is 0 Å². The Morgan fingerprint density at radius 3 is 2.62 bits per heavy atom. The van der Waals surface area contributed by atoms with Crippen molar-refractivity contribution in [1.82, 2.24) is 15.1 Å². The number of hydrogen-bond donors (Lipinski definition) is 1. The SMILES string of the molecule is Cn1cc(CNCC(C)(C)C)cn1. The van der Waals surface area contributed by atoms with Gasteiger partial charge in [0.25, 0.3) is 0 Å². The predicted molar refractivity (Wildman–Crippen MR) is 54.4 cm³/mol. The minimum absolute atomic E-state index is 0.349. The van der Waals surface area contributed by atoms with E-state index >= 15 is 0 Å². The summed E-state index contributed by atoms with van der Waals surface area (Å²) in [6.45, 7) is 8.61. The molecule has 0 atom stereocenters. The van der Waals surface area contributed by atoms with Gasteiger partial charge in [-0.3, -0.25) is 4.68 Å². The third-order valence-corrected chi connectivity index (χ3v) is 1.74. The first-order chi connectivity index (χ1) is 5.97. The molecular weight excluding hydrogens is 162 g/mol. The van der Waals surface area contributed by atoms with Crippen molar-refractivity contribution in [3.8, 4) is 0 Å². The van der Waals surface area contributed by atoms with Crippen LogP contribution in [0.4, 0.5) is 0 Å². The molecule has 0 radical (unpaired) electrons. The average Bonchev–Trinajstić information content (AvgIpc) is 2.33. The lowest BCUT2D eigenvalue weighted by atomic mass is 9.97. The van der Waals surface area contributed by atoms with E-state index in [9.17, 15) is 0 Å². The maximum atomic E-state index is 4.11. The highest BCUT2D eigenvalue weighted by Crippen LogP contribution is 2.10. The highest BCUT2D eigenvalue weighted by Gasteiger charge is 2.08. The van der Waals surface area contributed by atoms with Crippen LogP contribution in [-0.2, 0) is 13.6 Å². The quantitative estimate of drug-likeness (QED) is 0.767. The minimum atomic E-state index is 0.349. The Morgan fingerprint density at radius 2 is 2.15 bits per heavy atom. The van der Waals surface area contributed by atoms with Crippen molar-refractivity contribution in [2.24, 2.45) is 12.5 Å². The third kappa shape index (κ3) is 4.08. The number of aromatic nitrogens is 2. The summed E-state index contributed by atoms with van der Waals surface area (Å²) in [6, 6.07) is 0. The molecule has 0 saturated heterocycles. The summed E-state index contributed by atoms with van der Waals surface area (Å²) < 4.78 is 1.83. The molecule has 1 aromatic heterocycles. The van der Waals surface area contributed by atoms with Crippen LogP contribution in [0.2, 0.25) is 0 Å². The van der Waals surface area contributed by atoms with Crippen LogP contribution < -0.4 is 5.32 Å². The summed E-state index contributed by atoms with van der Waals surface area (Å²) in [4.78, 5) is 0. The maximum Gasteiger partial charge on any atom is 0.0534 e. The summed E-state index contributed by atoms with van der Waals surface area (Å²) in [6.07, 6.45) is 3.94. The highest BCUT2D eigenvalue weighted by molar-refractivity contribution is 5.02. The smallest absolute Gasteiger partial charge is 0.0534 e. The molecule has 1 aromatic rings. The molecule has 0 fully saturated rings. The molecule has 13 heavy (non-hydrogen) atoms. The zero-order chi connectivity index (χ0) is 9.90. The molecule has 0 spiro atoms. The van der Waals surface area contributed by atoms with Gasteiger partial charge in [-0.15, -0.1) is 0 Å². The van der Waals surface area contributed by atoms with Crippen LogP contribution in [0, 0.1) is 5.41 Å². The van der Waals surface area contributed by atoms with E-state index in [0.717, 1.165) is 13.1 Å². The van der Waals surface area contributed by atoms with Gasteiger partial charge in [-0.25, -0.2) is 0 Å². The highest BCUT2D eigenvalue weighted by atomic mass is 15.2. The van der Waals surface area contributed by atoms with Gasteiger partial charge in [-0.05, 0) is 5.41 Å². The Morgan fingerprint density at radius 1 is 1.46 bits per heavy atom. The van der Waals surface area contributed by atoms with E-state index in [4.69, 9.17) is 0 Å². The van der Waals surface area contributed by atoms with Gasteiger partial charge in [-0.2, -0.15) is 5.10 Å². The zero-order valence-corrected chi connectivity index (χ0v) is 8.96. The normalized spacial score (nSPS) is 12.0. The van der Waals surface area contributed by atoms with Crippen molar-refractivity contribution < 1.29 is 0 Å². The second-order valence-electron chi connectivity index (χ2n) is 4.69. The lowest BCUT2D eigenvalue weighted by Crippen LogP contribution is -2.26. The van der Waals surface area contributed by atoms with Gasteiger partial charge in [0.2, 0.25) is 0 Å². The van der Waals surface area contributed by atoms with Crippen molar-refractivity contribution >= 4 is 0 Å². The molecule has 3 heteroatoms. The molecule has 74 valence electrons. The summed E-state index contributed by atoms with van der Waals surface area (Å²) in [5, 5.41) is 7.51. The number of nitrogens with one attached hydrogen (secondary N) is 1. The molecule has 3 nitrogen and oxygen atoms in total. The first-order valence-electron chi connectivity index (χ1n) is 4.66. The topological polar surface area (TPSA) is 29.9 Å². The molecule has 1 heterocycles. The summed E-state index contributed by atoms with van der Waals surface area (Å²) >= 11 is 0. The molecular formula is C10H19N3. The van der Waals surface area contributed by atoms with Crippen molar-refractivity contribution in [3.63, 3.8) is 0 Å². The summed E-state index contributed by atoms with van der Waals surface area (Å²) in [5.74, 6) is 0. The number of nitrogens with zero attached hydrogens (tertiary/aromatic N) is 2. The molecule has 0 bridgehead atoms. The largest absolute Gasteiger partial charge is 0.312 e. The van der Waals surface area contributed by atoms with E-state index in [1.807, 2.05) is 24.1 Å². The molecule has 0 unspecified atom stereocenters. The van der Waals surface area contributed by atoms with Crippen LogP contribution >= 0.6 is 0 Å². The second-order valence-corrected chi connectivity index (χ2v) is 4.69. The standard InChI is InChI=1S/C10H19N3/c1-10(2,3)8-11-5-9-6-12-13(4)7-9/h6-7,11H,5,8H2,1-4H3. The Bertz CT molecular complexity index is 257. The minimum Gasteiger partial charge on any atom is -0.312 e. The van der Waals surface area contributed by atoms with E-state index in [-0.39, 0.29) is 0 Å². The molecule has 0 amide bonds. The number of hydrogen-bond acceptors (Lipinski definition) is 2. The molecule has 1 N–H and O–H groups in total. The Kier molecular flexibility index (Phi) is 3.09. The van der Waals surface area contributed by atoms with Crippen molar-refractivity contribution in [3.05, 3.63) is 18.0 Å². The van der Waals surface area contributed by atoms with Crippen molar-refractivity contribution in [1.29, 1.82) is 0 Å². The summed E-state index contributed by atoms with van der Waals surface area (Å²) in [5.41, 5.74) is 1.59. The van der Waals surface area contributed by atoms with E-state index in [2.05, 4.69) is 31.2 Å². The van der Waals surface area contributed by atoms with Gasteiger partial charge in [-0.1, -0.05) is 20.8 Å². The Hall–Kier alpha value is -0.830. The monoisotopic (exact) mass is 181 g/mol. The van der Waals surface area contributed by atoms with Gasteiger partial charge in [0, 0.05) is 31.9 Å². The first kappa shape index (κ1) is 10.3. The molecule has 0 aliphatic rings. The number of rotatable bonds is 3. The molecule has 0 aliphatic carbocycles. The van der Waals surface area contributed by atoms with E-state index in [1.54, 1.807) is 0 Å². The second kappa shape index (κ2) is 3.92. The zero-order valence-electron chi connectivity index (χ0n) is 8.96. The fourth-order valence-corrected chi connectivity index (χ4v) is 1.14. The first-order valence-corrected chi connectivity index (χ1v) is 4.66. The fraction of sp³-hybridized carbons (Fsp3) is 0.700. The van der Waals surface area contributed by atoms with Crippen LogP contribution in [0.15, 0.2) is 12.4 Å². The van der Waals surface area contributed by atoms with Gasteiger partial charge in [0.15, 0.2) is 0 Å². The lowest BCUT2D eigenvalue weighted by Gasteiger charge is -2.18. The van der Waals surface area contributed by atoms with Gasteiger partial charge in [0.1, 0.15) is 0 Å².